The molecule has 0 fully saturated rings. The van der Waals surface area contributed by atoms with Crippen LogP contribution in [0.25, 0.3) is 0 Å². The predicted molar refractivity (Wildman–Crippen MR) is 142 cm³/mol. The molecule has 184 valence electrons. The number of nitrogens with zero attached hydrogens (tertiary/aromatic N) is 3. The molecule has 7 nitrogen and oxygen atoms in total. The first-order valence-electron chi connectivity index (χ1n) is 12.1. The van der Waals surface area contributed by atoms with Crippen molar-refractivity contribution < 1.29 is 14.3 Å². The van der Waals surface area contributed by atoms with E-state index in [1.165, 1.54) is 4.90 Å². The van der Waals surface area contributed by atoms with Gasteiger partial charge >= 0.3 is 6.09 Å². The quantitative estimate of drug-likeness (QED) is 0.302. The van der Waals surface area contributed by atoms with Gasteiger partial charge in [0, 0.05) is 12.1 Å². The summed E-state index contributed by atoms with van der Waals surface area (Å²) in [6, 6.07) is 33.2. The molecule has 1 atom stereocenters. The summed E-state index contributed by atoms with van der Waals surface area (Å²) >= 11 is 0. The van der Waals surface area contributed by atoms with E-state index in [0.29, 0.717) is 24.3 Å². The number of ether oxygens (including phenoxy) is 1. The van der Waals surface area contributed by atoms with Gasteiger partial charge in [-0.25, -0.2) is 4.79 Å². The number of amides is 2. The van der Waals surface area contributed by atoms with Crippen LogP contribution in [0.5, 0.6) is 0 Å². The van der Waals surface area contributed by atoms with E-state index in [0.717, 1.165) is 22.4 Å². The Morgan fingerprint density at radius 1 is 0.757 bits per heavy atom. The minimum absolute atomic E-state index is 0.144. The molecule has 0 aromatic heterocycles. The Morgan fingerprint density at radius 3 is 2.05 bits per heavy atom. The molecule has 7 heteroatoms. The zero-order chi connectivity index (χ0) is 25.5. The van der Waals surface area contributed by atoms with Gasteiger partial charge in [-0.1, -0.05) is 72.8 Å². The molecule has 0 spiro atoms. The number of benzene rings is 4. The van der Waals surface area contributed by atoms with Crippen LogP contribution in [0.4, 0.5) is 21.9 Å². The van der Waals surface area contributed by atoms with Crippen molar-refractivity contribution in [2.45, 2.75) is 25.6 Å². The molecule has 4 aromatic rings. The zero-order valence-electron chi connectivity index (χ0n) is 20.2. The average Bonchev–Trinajstić information content (AvgIpc) is 2.96. The van der Waals surface area contributed by atoms with E-state index in [2.05, 4.69) is 15.5 Å². The van der Waals surface area contributed by atoms with Gasteiger partial charge in [0.05, 0.1) is 17.9 Å². The number of rotatable bonds is 6. The van der Waals surface area contributed by atoms with Gasteiger partial charge in [-0.05, 0) is 53.1 Å². The molecule has 0 bridgehead atoms. The third-order valence-electron chi connectivity index (χ3n) is 6.16. The molecule has 0 aliphatic carbocycles. The Hall–Kier alpha value is -4.78. The molecule has 0 saturated carbocycles. The second-order valence-electron chi connectivity index (χ2n) is 8.73. The second-order valence-corrected chi connectivity index (χ2v) is 8.73. The van der Waals surface area contributed by atoms with Gasteiger partial charge in [0.15, 0.2) is 0 Å². The van der Waals surface area contributed by atoms with E-state index < -0.39 is 12.1 Å². The summed E-state index contributed by atoms with van der Waals surface area (Å²) in [6.07, 6.45) is -0.110. The Bertz CT molecular complexity index is 1390. The van der Waals surface area contributed by atoms with E-state index in [-0.39, 0.29) is 12.5 Å². The lowest BCUT2D eigenvalue weighted by Gasteiger charge is -2.35. The van der Waals surface area contributed by atoms with Crippen molar-refractivity contribution in [3.05, 3.63) is 126 Å². The third-order valence-corrected chi connectivity index (χ3v) is 6.16. The Labute approximate surface area is 215 Å². The van der Waals surface area contributed by atoms with E-state index in [1.54, 1.807) is 24.3 Å². The standard InChI is InChI=1S/C30H26N4O3/c35-29(31-25-15-17-27(18-16-25)33-32-26-13-5-2-6-14-26)28-19-23-11-7-8-12-24(23)20-34(28)30(36)37-21-22-9-3-1-4-10-22/h1-18,28H,19-21H2,(H,31,35)/t28-/m0/s1. The zero-order valence-corrected chi connectivity index (χ0v) is 20.2. The number of nitrogens with one attached hydrogen (secondary N) is 1. The van der Waals surface area contributed by atoms with Crippen molar-refractivity contribution in [2.24, 2.45) is 10.2 Å². The van der Waals surface area contributed by atoms with Crippen molar-refractivity contribution in [1.29, 1.82) is 0 Å². The van der Waals surface area contributed by atoms with Crippen molar-refractivity contribution in [3.63, 3.8) is 0 Å². The molecule has 37 heavy (non-hydrogen) atoms. The largest absolute Gasteiger partial charge is 0.445 e. The van der Waals surface area contributed by atoms with Crippen LogP contribution in [0.2, 0.25) is 0 Å². The predicted octanol–water partition coefficient (Wildman–Crippen LogP) is 6.80. The van der Waals surface area contributed by atoms with Crippen LogP contribution in [0, 0.1) is 0 Å². The highest BCUT2D eigenvalue weighted by Crippen LogP contribution is 2.26. The molecule has 1 N–H and O–H groups in total. The lowest BCUT2D eigenvalue weighted by Crippen LogP contribution is -2.50. The fraction of sp³-hybridized carbons (Fsp3) is 0.133. The summed E-state index contributed by atoms with van der Waals surface area (Å²) in [4.78, 5) is 27.9. The van der Waals surface area contributed by atoms with Gasteiger partial charge in [-0.3, -0.25) is 9.69 Å². The smallest absolute Gasteiger partial charge is 0.411 e. The first-order chi connectivity index (χ1) is 18.2. The average molecular weight is 491 g/mol. The normalized spacial score (nSPS) is 14.7. The summed E-state index contributed by atoms with van der Waals surface area (Å²) in [5, 5.41) is 11.4. The van der Waals surface area contributed by atoms with Crippen molar-refractivity contribution in [1.82, 2.24) is 4.90 Å². The van der Waals surface area contributed by atoms with Crippen LogP contribution in [0.3, 0.4) is 0 Å². The van der Waals surface area contributed by atoms with E-state index >= 15 is 0 Å². The monoisotopic (exact) mass is 490 g/mol. The topological polar surface area (TPSA) is 83.4 Å². The minimum atomic E-state index is -0.699. The van der Waals surface area contributed by atoms with Crippen LogP contribution in [0.15, 0.2) is 119 Å². The molecular formula is C30H26N4O3. The SMILES string of the molecule is O=C(Nc1ccc(N=Nc2ccccc2)cc1)[C@@H]1Cc2ccccc2CN1C(=O)OCc1ccccc1. The highest BCUT2D eigenvalue weighted by molar-refractivity contribution is 5.97. The molecule has 1 heterocycles. The molecule has 0 unspecified atom stereocenters. The summed E-state index contributed by atoms with van der Waals surface area (Å²) < 4.78 is 5.58. The molecule has 0 saturated heterocycles. The first kappa shape index (κ1) is 23.9. The minimum Gasteiger partial charge on any atom is -0.445 e. The van der Waals surface area contributed by atoms with E-state index in [1.807, 2.05) is 84.9 Å². The lowest BCUT2D eigenvalue weighted by atomic mass is 9.94. The Kier molecular flexibility index (Phi) is 7.31. The molecule has 1 aliphatic rings. The maximum absolute atomic E-state index is 13.4. The van der Waals surface area contributed by atoms with E-state index in [4.69, 9.17) is 4.74 Å². The van der Waals surface area contributed by atoms with Crippen LogP contribution in [-0.4, -0.2) is 22.9 Å². The van der Waals surface area contributed by atoms with Gasteiger partial charge in [-0.15, -0.1) is 0 Å². The van der Waals surface area contributed by atoms with Crippen LogP contribution in [-0.2, 0) is 29.1 Å². The van der Waals surface area contributed by atoms with Gasteiger partial charge < -0.3 is 10.1 Å². The fourth-order valence-electron chi connectivity index (χ4n) is 4.20. The van der Waals surface area contributed by atoms with Gasteiger partial charge in [0.1, 0.15) is 12.6 Å². The maximum atomic E-state index is 13.4. The number of hydrogen-bond donors (Lipinski definition) is 1. The molecule has 0 radical (unpaired) electrons. The molecule has 5 rings (SSSR count). The highest BCUT2D eigenvalue weighted by atomic mass is 16.6. The number of carbonyl (C=O) groups excluding carboxylic acids is 2. The summed E-state index contributed by atoms with van der Waals surface area (Å²) in [5.74, 6) is -0.273. The fourth-order valence-corrected chi connectivity index (χ4v) is 4.20. The van der Waals surface area contributed by atoms with E-state index in [9.17, 15) is 9.59 Å². The number of hydrogen-bond acceptors (Lipinski definition) is 5. The lowest BCUT2D eigenvalue weighted by molar-refractivity contribution is -0.121. The maximum Gasteiger partial charge on any atom is 0.411 e. The van der Waals surface area contributed by atoms with Crippen molar-refractivity contribution >= 4 is 29.1 Å². The first-order valence-corrected chi connectivity index (χ1v) is 12.1. The number of fused-ring (bicyclic) bond motifs is 1. The molecule has 4 aromatic carbocycles. The summed E-state index contributed by atoms with van der Waals surface area (Å²) in [5.41, 5.74) is 4.98. The number of anilines is 1. The highest BCUT2D eigenvalue weighted by Gasteiger charge is 2.35. The van der Waals surface area contributed by atoms with Gasteiger partial charge in [-0.2, -0.15) is 10.2 Å². The molecular weight excluding hydrogens is 464 g/mol. The molecule has 1 aliphatic heterocycles. The number of azo groups is 1. The summed E-state index contributed by atoms with van der Waals surface area (Å²) in [7, 11) is 0. The molecule has 2 amide bonds. The van der Waals surface area contributed by atoms with Crippen molar-refractivity contribution in [2.75, 3.05) is 5.32 Å². The van der Waals surface area contributed by atoms with Gasteiger partial charge in [0.2, 0.25) is 5.91 Å². The van der Waals surface area contributed by atoms with Crippen LogP contribution in [0.1, 0.15) is 16.7 Å². The summed E-state index contributed by atoms with van der Waals surface area (Å²) in [6.45, 7) is 0.450. The number of carbonyl (C=O) groups is 2. The van der Waals surface area contributed by atoms with Crippen LogP contribution < -0.4 is 5.32 Å². The third kappa shape index (κ3) is 6.08. The van der Waals surface area contributed by atoms with Crippen molar-refractivity contribution in [3.8, 4) is 0 Å². The Balaban J connectivity index is 1.28. The van der Waals surface area contributed by atoms with Crippen LogP contribution >= 0.6 is 0 Å². The van der Waals surface area contributed by atoms with Gasteiger partial charge in [0.25, 0.3) is 0 Å². The second kappa shape index (κ2) is 11.3. The Morgan fingerprint density at radius 2 is 1.35 bits per heavy atom.